The first-order chi connectivity index (χ1) is 10.3. The SMILES string of the molecule is CCn1nnc2cc(C(=O)NCCC3CCCO3)ccc21. The number of aryl methyl sites for hydroxylation is 1. The van der Waals surface area contributed by atoms with E-state index in [1.807, 2.05) is 23.7 Å². The summed E-state index contributed by atoms with van der Waals surface area (Å²) in [5.41, 5.74) is 2.33. The van der Waals surface area contributed by atoms with Gasteiger partial charge in [0.05, 0.1) is 11.6 Å². The van der Waals surface area contributed by atoms with E-state index in [1.54, 1.807) is 6.07 Å². The molecule has 0 saturated carbocycles. The zero-order valence-electron chi connectivity index (χ0n) is 12.2. The van der Waals surface area contributed by atoms with Gasteiger partial charge in [0.15, 0.2) is 0 Å². The lowest BCUT2D eigenvalue weighted by atomic mass is 10.1. The fourth-order valence-corrected chi connectivity index (χ4v) is 2.67. The number of amides is 1. The molecule has 21 heavy (non-hydrogen) atoms. The molecule has 1 aliphatic rings. The molecule has 1 saturated heterocycles. The molecule has 1 aromatic carbocycles. The van der Waals surface area contributed by atoms with Crippen LogP contribution >= 0.6 is 0 Å². The highest BCUT2D eigenvalue weighted by atomic mass is 16.5. The molecule has 0 bridgehead atoms. The Bertz CT molecular complexity index is 632. The number of ether oxygens (including phenoxy) is 1. The van der Waals surface area contributed by atoms with Gasteiger partial charge < -0.3 is 10.1 Å². The lowest BCUT2D eigenvalue weighted by Gasteiger charge is -2.10. The van der Waals surface area contributed by atoms with Crippen molar-refractivity contribution in [3.63, 3.8) is 0 Å². The Hall–Kier alpha value is -1.95. The molecule has 1 fully saturated rings. The number of nitrogens with zero attached hydrogens (tertiary/aromatic N) is 3. The summed E-state index contributed by atoms with van der Waals surface area (Å²) < 4.78 is 7.35. The van der Waals surface area contributed by atoms with Crippen LogP contribution in [0.25, 0.3) is 11.0 Å². The minimum atomic E-state index is -0.0686. The number of aromatic nitrogens is 3. The summed E-state index contributed by atoms with van der Waals surface area (Å²) in [6.07, 6.45) is 3.40. The Balaban J connectivity index is 1.61. The first kappa shape index (κ1) is 14.0. The number of benzene rings is 1. The second-order valence-corrected chi connectivity index (χ2v) is 5.29. The zero-order valence-corrected chi connectivity index (χ0v) is 12.2. The third-order valence-electron chi connectivity index (χ3n) is 3.85. The maximum Gasteiger partial charge on any atom is 0.251 e. The van der Waals surface area contributed by atoms with Crippen molar-refractivity contribution < 1.29 is 9.53 Å². The predicted octanol–water partition coefficient (Wildman–Crippen LogP) is 1.75. The van der Waals surface area contributed by atoms with Crippen LogP contribution in [0.5, 0.6) is 0 Å². The van der Waals surface area contributed by atoms with Gasteiger partial charge in [0.2, 0.25) is 0 Å². The fraction of sp³-hybridized carbons (Fsp3) is 0.533. The van der Waals surface area contributed by atoms with E-state index in [0.29, 0.717) is 18.2 Å². The fourth-order valence-electron chi connectivity index (χ4n) is 2.67. The Labute approximate surface area is 123 Å². The Morgan fingerprint density at radius 1 is 1.52 bits per heavy atom. The van der Waals surface area contributed by atoms with Crippen LogP contribution in [-0.4, -0.2) is 40.2 Å². The van der Waals surface area contributed by atoms with Crippen LogP contribution in [0.1, 0.15) is 36.5 Å². The number of nitrogens with one attached hydrogen (secondary N) is 1. The van der Waals surface area contributed by atoms with Crippen LogP contribution in [0.15, 0.2) is 18.2 Å². The molecular weight excluding hydrogens is 268 g/mol. The van der Waals surface area contributed by atoms with E-state index in [0.717, 1.165) is 43.4 Å². The highest BCUT2D eigenvalue weighted by Crippen LogP contribution is 2.15. The molecule has 1 aliphatic heterocycles. The molecule has 6 heteroatoms. The monoisotopic (exact) mass is 288 g/mol. The number of rotatable bonds is 5. The number of carbonyl (C=O) groups is 1. The average Bonchev–Trinajstić information content (AvgIpc) is 3.15. The van der Waals surface area contributed by atoms with Crippen molar-refractivity contribution in [1.82, 2.24) is 20.3 Å². The topological polar surface area (TPSA) is 69.0 Å². The van der Waals surface area contributed by atoms with Gasteiger partial charge in [-0.3, -0.25) is 4.79 Å². The van der Waals surface area contributed by atoms with Gasteiger partial charge in [0.25, 0.3) is 5.91 Å². The molecule has 1 aromatic heterocycles. The average molecular weight is 288 g/mol. The number of hydrogen-bond donors (Lipinski definition) is 1. The summed E-state index contributed by atoms with van der Waals surface area (Å²) in [5, 5.41) is 11.1. The highest BCUT2D eigenvalue weighted by Gasteiger charge is 2.15. The van der Waals surface area contributed by atoms with E-state index in [4.69, 9.17) is 4.74 Å². The van der Waals surface area contributed by atoms with Crippen molar-refractivity contribution in [2.45, 2.75) is 38.8 Å². The molecule has 2 heterocycles. The smallest absolute Gasteiger partial charge is 0.251 e. The van der Waals surface area contributed by atoms with Crippen molar-refractivity contribution in [2.75, 3.05) is 13.2 Å². The van der Waals surface area contributed by atoms with E-state index >= 15 is 0 Å². The van der Waals surface area contributed by atoms with E-state index in [-0.39, 0.29) is 5.91 Å². The van der Waals surface area contributed by atoms with Crippen LogP contribution in [0.3, 0.4) is 0 Å². The van der Waals surface area contributed by atoms with Gasteiger partial charge in [-0.15, -0.1) is 5.10 Å². The number of fused-ring (bicyclic) bond motifs is 1. The van der Waals surface area contributed by atoms with Crippen molar-refractivity contribution in [3.8, 4) is 0 Å². The molecule has 1 N–H and O–H groups in total. The van der Waals surface area contributed by atoms with Crippen LogP contribution in [0, 0.1) is 0 Å². The van der Waals surface area contributed by atoms with Gasteiger partial charge in [-0.25, -0.2) is 4.68 Å². The normalized spacial score (nSPS) is 18.2. The zero-order chi connectivity index (χ0) is 14.7. The highest BCUT2D eigenvalue weighted by molar-refractivity contribution is 5.97. The largest absolute Gasteiger partial charge is 0.378 e. The minimum Gasteiger partial charge on any atom is -0.378 e. The number of hydrogen-bond acceptors (Lipinski definition) is 4. The van der Waals surface area contributed by atoms with Crippen molar-refractivity contribution in [1.29, 1.82) is 0 Å². The molecule has 0 aliphatic carbocycles. The van der Waals surface area contributed by atoms with Gasteiger partial charge in [-0.2, -0.15) is 0 Å². The van der Waals surface area contributed by atoms with Gasteiger partial charge in [-0.05, 0) is 44.4 Å². The maximum atomic E-state index is 12.1. The van der Waals surface area contributed by atoms with Crippen LogP contribution in [0.2, 0.25) is 0 Å². The first-order valence-corrected chi connectivity index (χ1v) is 7.51. The molecule has 112 valence electrons. The molecule has 1 unspecified atom stereocenters. The summed E-state index contributed by atoms with van der Waals surface area (Å²) in [5.74, 6) is -0.0686. The molecular formula is C15H20N4O2. The summed E-state index contributed by atoms with van der Waals surface area (Å²) in [6.45, 7) is 4.27. The number of carbonyl (C=O) groups excluding carboxylic acids is 1. The lowest BCUT2D eigenvalue weighted by Crippen LogP contribution is -2.27. The molecule has 1 atom stereocenters. The van der Waals surface area contributed by atoms with Gasteiger partial charge in [0.1, 0.15) is 5.52 Å². The summed E-state index contributed by atoms with van der Waals surface area (Å²) in [4.78, 5) is 12.1. The van der Waals surface area contributed by atoms with Crippen molar-refractivity contribution in [3.05, 3.63) is 23.8 Å². The Kier molecular flexibility index (Phi) is 4.15. The van der Waals surface area contributed by atoms with Crippen molar-refractivity contribution >= 4 is 16.9 Å². The maximum absolute atomic E-state index is 12.1. The summed E-state index contributed by atoms with van der Waals surface area (Å²) in [7, 11) is 0. The second-order valence-electron chi connectivity index (χ2n) is 5.29. The molecule has 0 spiro atoms. The second kappa shape index (κ2) is 6.22. The molecule has 2 aromatic rings. The summed E-state index contributed by atoms with van der Waals surface area (Å²) >= 11 is 0. The van der Waals surface area contributed by atoms with E-state index in [2.05, 4.69) is 15.6 Å². The third-order valence-corrected chi connectivity index (χ3v) is 3.85. The Morgan fingerprint density at radius 3 is 3.19 bits per heavy atom. The van der Waals surface area contributed by atoms with Crippen LogP contribution < -0.4 is 5.32 Å². The molecule has 1 amide bonds. The quantitative estimate of drug-likeness (QED) is 0.910. The molecule has 3 rings (SSSR count). The first-order valence-electron chi connectivity index (χ1n) is 7.51. The minimum absolute atomic E-state index is 0.0686. The van der Waals surface area contributed by atoms with E-state index in [1.165, 1.54) is 0 Å². The van der Waals surface area contributed by atoms with Crippen LogP contribution in [-0.2, 0) is 11.3 Å². The summed E-state index contributed by atoms with van der Waals surface area (Å²) in [6, 6.07) is 5.50. The van der Waals surface area contributed by atoms with Gasteiger partial charge in [-0.1, -0.05) is 5.21 Å². The molecule has 6 nitrogen and oxygen atoms in total. The predicted molar refractivity (Wildman–Crippen MR) is 79.1 cm³/mol. The van der Waals surface area contributed by atoms with E-state index < -0.39 is 0 Å². The van der Waals surface area contributed by atoms with Crippen molar-refractivity contribution in [2.24, 2.45) is 0 Å². The van der Waals surface area contributed by atoms with Gasteiger partial charge >= 0.3 is 0 Å². The van der Waals surface area contributed by atoms with Gasteiger partial charge in [0, 0.05) is 25.3 Å². The Morgan fingerprint density at radius 2 is 2.43 bits per heavy atom. The standard InChI is InChI=1S/C15H20N4O2/c1-2-19-14-6-5-11(10-13(14)17-18-19)15(20)16-8-7-12-4-3-9-21-12/h5-6,10,12H,2-4,7-9H2,1H3,(H,16,20). The third kappa shape index (κ3) is 3.05. The lowest BCUT2D eigenvalue weighted by molar-refractivity contribution is 0.0907. The van der Waals surface area contributed by atoms with Crippen LogP contribution in [0.4, 0.5) is 0 Å². The van der Waals surface area contributed by atoms with E-state index in [9.17, 15) is 4.79 Å². The molecule has 0 radical (unpaired) electrons.